The van der Waals surface area contributed by atoms with Gasteiger partial charge in [-0.25, -0.2) is 0 Å². The van der Waals surface area contributed by atoms with Crippen LogP contribution in [0.15, 0.2) is 186 Å². The molecule has 1 aromatic heterocycles. The lowest BCUT2D eigenvalue weighted by Gasteiger charge is -2.23. The van der Waals surface area contributed by atoms with E-state index in [1.807, 2.05) is 0 Å². The monoisotopic (exact) mass is 712 g/mol. The summed E-state index contributed by atoms with van der Waals surface area (Å²) in [5, 5.41) is 12.3. The van der Waals surface area contributed by atoms with Crippen molar-refractivity contribution >= 4 is 65.0 Å². The highest BCUT2D eigenvalue weighted by Crippen LogP contribution is 2.52. The average Bonchev–Trinajstić information content (AvgIpc) is 3.75. The molecule has 0 atom stereocenters. The SMILES string of the molecule is CC1(C)c2cc(-c3ccc4oc5c6ccccc6c6ccccc6c5c4c3)ccc2-c2ccc(-c3c4ccccc4c(-c4ccccc4)c4ccccc34)cc21. The van der Waals surface area contributed by atoms with Crippen LogP contribution in [0.2, 0.25) is 0 Å². The summed E-state index contributed by atoms with van der Waals surface area (Å²) in [6.07, 6.45) is 0. The van der Waals surface area contributed by atoms with Crippen LogP contribution in [0, 0.1) is 0 Å². The summed E-state index contributed by atoms with van der Waals surface area (Å²) < 4.78 is 6.64. The minimum atomic E-state index is -0.187. The highest BCUT2D eigenvalue weighted by Gasteiger charge is 2.36. The summed E-state index contributed by atoms with van der Waals surface area (Å²) >= 11 is 0. The van der Waals surface area contributed by atoms with Gasteiger partial charge in [0.1, 0.15) is 11.2 Å². The molecule has 0 aliphatic heterocycles. The second kappa shape index (κ2) is 11.5. The Morgan fingerprint density at radius 1 is 0.339 bits per heavy atom. The molecule has 1 aliphatic carbocycles. The van der Waals surface area contributed by atoms with Gasteiger partial charge in [-0.1, -0.05) is 172 Å². The predicted molar refractivity (Wildman–Crippen MR) is 238 cm³/mol. The molecule has 262 valence electrons. The predicted octanol–water partition coefficient (Wildman–Crippen LogP) is 15.5. The molecule has 1 aliphatic rings. The molecule has 11 aromatic rings. The zero-order valence-electron chi connectivity index (χ0n) is 31.2. The molecule has 12 rings (SSSR count). The molecular formula is C55H36O. The lowest BCUT2D eigenvalue weighted by Crippen LogP contribution is -2.15. The van der Waals surface area contributed by atoms with Gasteiger partial charge in [-0.05, 0) is 118 Å². The van der Waals surface area contributed by atoms with Crippen LogP contribution in [0.1, 0.15) is 25.0 Å². The maximum absolute atomic E-state index is 6.64. The molecule has 1 heterocycles. The molecule has 1 heteroatoms. The third-order valence-electron chi connectivity index (χ3n) is 12.6. The molecule has 0 unspecified atom stereocenters. The van der Waals surface area contributed by atoms with Crippen LogP contribution in [0.25, 0.3) is 110 Å². The fraction of sp³-hybridized carbons (Fsp3) is 0.0545. The number of hydrogen-bond donors (Lipinski definition) is 0. The highest BCUT2D eigenvalue weighted by atomic mass is 16.3. The van der Waals surface area contributed by atoms with E-state index >= 15 is 0 Å². The van der Waals surface area contributed by atoms with E-state index in [-0.39, 0.29) is 5.41 Å². The summed E-state index contributed by atoms with van der Waals surface area (Å²) in [7, 11) is 0. The molecule has 0 fully saturated rings. The number of rotatable bonds is 3. The number of benzene rings is 10. The molecule has 10 aromatic carbocycles. The molecule has 0 N–H and O–H groups in total. The molecular weight excluding hydrogens is 677 g/mol. The first-order valence-electron chi connectivity index (χ1n) is 19.6. The molecule has 1 nitrogen and oxygen atoms in total. The Bertz CT molecular complexity index is 3380. The third-order valence-corrected chi connectivity index (χ3v) is 12.6. The van der Waals surface area contributed by atoms with Crippen LogP contribution < -0.4 is 0 Å². The van der Waals surface area contributed by atoms with E-state index in [4.69, 9.17) is 4.42 Å². The lowest BCUT2D eigenvalue weighted by atomic mass is 9.80. The van der Waals surface area contributed by atoms with Crippen molar-refractivity contribution in [1.29, 1.82) is 0 Å². The first kappa shape index (κ1) is 31.4. The molecule has 0 bridgehead atoms. The van der Waals surface area contributed by atoms with Gasteiger partial charge < -0.3 is 4.42 Å². The third kappa shape index (κ3) is 4.31. The fourth-order valence-corrected chi connectivity index (χ4v) is 10.0. The minimum absolute atomic E-state index is 0.187. The van der Waals surface area contributed by atoms with Crippen molar-refractivity contribution in [2.75, 3.05) is 0 Å². The van der Waals surface area contributed by atoms with Crippen molar-refractivity contribution < 1.29 is 4.42 Å². The largest absolute Gasteiger partial charge is 0.455 e. The Hall–Kier alpha value is -6.96. The Balaban J connectivity index is 1.01. The van der Waals surface area contributed by atoms with Gasteiger partial charge in [0.2, 0.25) is 0 Å². The molecule has 0 amide bonds. The lowest BCUT2D eigenvalue weighted by molar-refractivity contribution is 0.661. The van der Waals surface area contributed by atoms with Crippen LogP contribution in [-0.2, 0) is 5.41 Å². The quantitative estimate of drug-likeness (QED) is 0.131. The van der Waals surface area contributed by atoms with Gasteiger partial charge in [-0.3, -0.25) is 0 Å². The Labute approximate surface area is 325 Å². The number of furan rings is 1. The summed E-state index contributed by atoms with van der Waals surface area (Å²) in [6.45, 7) is 4.79. The van der Waals surface area contributed by atoms with Gasteiger partial charge >= 0.3 is 0 Å². The summed E-state index contributed by atoms with van der Waals surface area (Å²) in [5.41, 5.74) is 14.6. The van der Waals surface area contributed by atoms with Gasteiger partial charge in [-0.2, -0.15) is 0 Å². The molecule has 0 saturated carbocycles. The van der Waals surface area contributed by atoms with Crippen molar-refractivity contribution in [2.45, 2.75) is 19.3 Å². The van der Waals surface area contributed by atoms with Crippen LogP contribution in [-0.4, -0.2) is 0 Å². The van der Waals surface area contributed by atoms with Gasteiger partial charge in [0.25, 0.3) is 0 Å². The summed E-state index contributed by atoms with van der Waals surface area (Å²) in [5.74, 6) is 0. The second-order valence-corrected chi connectivity index (χ2v) is 16.0. The topological polar surface area (TPSA) is 13.1 Å². The summed E-state index contributed by atoms with van der Waals surface area (Å²) in [6, 6.07) is 67.1. The van der Waals surface area contributed by atoms with Crippen molar-refractivity contribution in [1.82, 2.24) is 0 Å². The second-order valence-electron chi connectivity index (χ2n) is 16.0. The zero-order chi connectivity index (χ0) is 37.1. The molecule has 0 radical (unpaired) electrons. The van der Waals surface area contributed by atoms with Crippen LogP contribution >= 0.6 is 0 Å². The van der Waals surface area contributed by atoms with Crippen molar-refractivity contribution in [3.8, 4) is 44.5 Å². The Morgan fingerprint density at radius 2 is 0.786 bits per heavy atom. The van der Waals surface area contributed by atoms with Gasteiger partial charge in [0.15, 0.2) is 0 Å². The van der Waals surface area contributed by atoms with Crippen molar-refractivity contribution in [3.63, 3.8) is 0 Å². The van der Waals surface area contributed by atoms with E-state index < -0.39 is 0 Å². The van der Waals surface area contributed by atoms with Crippen LogP contribution in [0.3, 0.4) is 0 Å². The van der Waals surface area contributed by atoms with E-state index in [0.29, 0.717) is 0 Å². The van der Waals surface area contributed by atoms with E-state index in [1.54, 1.807) is 0 Å². The van der Waals surface area contributed by atoms with Gasteiger partial charge in [-0.15, -0.1) is 0 Å². The smallest absolute Gasteiger partial charge is 0.143 e. The first-order chi connectivity index (χ1) is 27.5. The average molecular weight is 713 g/mol. The van der Waals surface area contributed by atoms with Crippen LogP contribution in [0.4, 0.5) is 0 Å². The normalized spacial score (nSPS) is 13.3. The minimum Gasteiger partial charge on any atom is -0.455 e. The Kier molecular flexibility index (Phi) is 6.46. The summed E-state index contributed by atoms with van der Waals surface area (Å²) in [4.78, 5) is 0. The number of hydrogen-bond acceptors (Lipinski definition) is 1. The highest BCUT2D eigenvalue weighted by molar-refractivity contribution is 6.30. The molecule has 0 spiro atoms. The van der Waals surface area contributed by atoms with E-state index in [2.05, 4.69) is 196 Å². The van der Waals surface area contributed by atoms with E-state index in [9.17, 15) is 0 Å². The zero-order valence-corrected chi connectivity index (χ0v) is 31.2. The molecule has 0 saturated heterocycles. The fourth-order valence-electron chi connectivity index (χ4n) is 10.0. The van der Waals surface area contributed by atoms with E-state index in [1.165, 1.54) is 98.7 Å². The first-order valence-corrected chi connectivity index (χ1v) is 19.6. The Morgan fingerprint density at radius 3 is 1.41 bits per heavy atom. The maximum Gasteiger partial charge on any atom is 0.143 e. The van der Waals surface area contributed by atoms with Crippen molar-refractivity contribution in [2.24, 2.45) is 0 Å². The maximum atomic E-state index is 6.64. The number of fused-ring (bicyclic) bond motifs is 13. The van der Waals surface area contributed by atoms with Gasteiger partial charge in [0, 0.05) is 21.6 Å². The molecule has 56 heavy (non-hydrogen) atoms. The standard InChI is InChI=1S/C55H36O/c1-55(2)48-31-35(34-26-29-50-47(30-34)53-41-18-8-6-16-37(41)38-17-7-13-23-46(38)54(53)56-50)24-27-39(48)40-28-25-36(32-49(40)55)52-44-21-11-9-19-42(44)51(33-14-4-3-5-15-33)43-20-10-12-22-45(43)52/h3-32H,1-2H3. The van der Waals surface area contributed by atoms with Gasteiger partial charge in [0.05, 0.1) is 0 Å². The van der Waals surface area contributed by atoms with Crippen LogP contribution in [0.5, 0.6) is 0 Å². The van der Waals surface area contributed by atoms with E-state index in [0.717, 1.165) is 21.9 Å². The van der Waals surface area contributed by atoms with Crippen molar-refractivity contribution in [3.05, 3.63) is 193 Å².